The van der Waals surface area contributed by atoms with E-state index in [4.69, 9.17) is 20.8 Å². The highest BCUT2D eigenvalue weighted by molar-refractivity contribution is 6.33. The number of nitrogens with zero attached hydrogens (tertiary/aromatic N) is 2. The van der Waals surface area contributed by atoms with Crippen molar-refractivity contribution in [1.29, 1.82) is 0 Å². The van der Waals surface area contributed by atoms with Gasteiger partial charge in [-0.2, -0.15) is 0 Å². The maximum Gasteiger partial charge on any atom is 0.253 e. The van der Waals surface area contributed by atoms with Crippen LogP contribution in [0, 0.1) is 0 Å². The third kappa shape index (κ3) is 5.97. The van der Waals surface area contributed by atoms with E-state index < -0.39 is 0 Å². The lowest BCUT2D eigenvalue weighted by Crippen LogP contribution is -2.46. The summed E-state index contributed by atoms with van der Waals surface area (Å²) in [6, 6.07) is 14.7. The minimum atomic E-state index is -0.0474. The number of ether oxygens (including phenoxy) is 1. The maximum atomic E-state index is 12.8. The molecule has 1 aromatic heterocycles. The number of aryl methyl sites for hydroxylation is 1. The first-order valence-electron chi connectivity index (χ1n) is 11.5. The highest BCUT2D eigenvalue weighted by Gasteiger charge is 2.24. The van der Waals surface area contributed by atoms with Crippen molar-refractivity contribution in [2.75, 3.05) is 19.7 Å². The summed E-state index contributed by atoms with van der Waals surface area (Å²) in [7, 11) is 0. The molecule has 1 aliphatic rings. The van der Waals surface area contributed by atoms with E-state index in [0.29, 0.717) is 48.4 Å². The van der Waals surface area contributed by atoms with Crippen molar-refractivity contribution in [2.24, 2.45) is 0 Å². The van der Waals surface area contributed by atoms with Gasteiger partial charge in [0.25, 0.3) is 5.91 Å². The van der Waals surface area contributed by atoms with Crippen LogP contribution in [0.15, 0.2) is 59.1 Å². The van der Waals surface area contributed by atoms with Crippen LogP contribution in [-0.2, 0) is 11.2 Å². The van der Waals surface area contributed by atoms with Crippen LogP contribution in [-0.4, -0.2) is 47.4 Å². The number of likely N-dealkylation sites (tertiary alicyclic amines) is 1. The van der Waals surface area contributed by atoms with E-state index in [1.165, 1.54) is 0 Å². The molecule has 0 atom stereocenters. The summed E-state index contributed by atoms with van der Waals surface area (Å²) in [4.78, 5) is 31.3. The second-order valence-corrected chi connectivity index (χ2v) is 8.60. The van der Waals surface area contributed by atoms with Crippen molar-refractivity contribution < 1.29 is 18.7 Å². The average Bonchev–Trinajstić information content (AvgIpc) is 3.33. The van der Waals surface area contributed by atoms with E-state index in [0.717, 1.165) is 24.2 Å². The summed E-state index contributed by atoms with van der Waals surface area (Å²) >= 11 is 6.20. The standard InChI is InChI=1S/C26H28ClN3O4/c1-2-33-20-9-7-18(8-10-20)26(32)30-15-13-19(14-16-30)29-24(31)11-12-25-28-17-23(34-25)21-5-3-4-6-22(21)27/h3-10,17,19H,2,11-16H2,1H3,(H,29,31). The molecule has 0 saturated carbocycles. The lowest BCUT2D eigenvalue weighted by atomic mass is 10.0. The van der Waals surface area contributed by atoms with E-state index in [-0.39, 0.29) is 24.3 Å². The molecule has 3 aromatic rings. The van der Waals surface area contributed by atoms with Gasteiger partial charge in [0.2, 0.25) is 5.91 Å². The van der Waals surface area contributed by atoms with E-state index in [1.807, 2.05) is 42.2 Å². The Kier molecular flexibility index (Phi) is 7.85. The van der Waals surface area contributed by atoms with Crippen molar-refractivity contribution in [3.05, 3.63) is 71.2 Å². The van der Waals surface area contributed by atoms with Gasteiger partial charge in [-0.15, -0.1) is 0 Å². The lowest BCUT2D eigenvalue weighted by Gasteiger charge is -2.32. The largest absolute Gasteiger partial charge is 0.494 e. The Balaban J connectivity index is 1.21. The monoisotopic (exact) mass is 481 g/mol. The second-order valence-electron chi connectivity index (χ2n) is 8.19. The minimum absolute atomic E-state index is 0.00559. The predicted octanol–water partition coefficient (Wildman–Crippen LogP) is 4.75. The highest BCUT2D eigenvalue weighted by atomic mass is 35.5. The number of halogens is 1. The Morgan fingerprint density at radius 3 is 2.59 bits per heavy atom. The number of benzene rings is 2. The molecule has 34 heavy (non-hydrogen) atoms. The molecule has 2 amide bonds. The third-order valence-electron chi connectivity index (χ3n) is 5.82. The normalized spacial score (nSPS) is 14.1. The summed E-state index contributed by atoms with van der Waals surface area (Å²) in [6.07, 6.45) is 3.78. The maximum absolute atomic E-state index is 12.8. The van der Waals surface area contributed by atoms with Crippen molar-refractivity contribution in [3.8, 4) is 17.1 Å². The lowest BCUT2D eigenvalue weighted by molar-refractivity contribution is -0.122. The van der Waals surface area contributed by atoms with Gasteiger partial charge in [0.05, 0.1) is 17.8 Å². The van der Waals surface area contributed by atoms with Gasteiger partial charge >= 0.3 is 0 Å². The second kappa shape index (κ2) is 11.2. The molecule has 2 aromatic carbocycles. The molecular formula is C26H28ClN3O4. The minimum Gasteiger partial charge on any atom is -0.494 e. The fourth-order valence-corrected chi connectivity index (χ4v) is 4.23. The van der Waals surface area contributed by atoms with Gasteiger partial charge in [-0.25, -0.2) is 4.98 Å². The number of nitrogens with one attached hydrogen (secondary N) is 1. The first kappa shape index (κ1) is 23.8. The van der Waals surface area contributed by atoms with E-state index in [9.17, 15) is 9.59 Å². The predicted molar refractivity (Wildman–Crippen MR) is 130 cm³/mol. The molecule has 0 unspecified atom stereocenters. The summed E-state index contributed by atoms with van der Waals surface area (Å²) < 4.78 is 11.2. The topological polar surface area (TPSA) is 84.7 Å². The summed E-state index contributed by atoms with van der Waals surface area (Å²) in [5.41, 5.74) is 1.42. The SMILES string of the molecule is CCOc1ccc(C(=O)N2CCC(NC(=O)CCc3ncc(-c4ccccc4Cl)o3)CC2)cc1. The molecule has 178 valence electrons. The smallest absolute Gasteiger partial charge is 0.253 e. The Morgan fingerprint density at radius 2 is 1.88 bits per heavy atom. The number of carbonyl (C=O) groups excluding carboxylic acids is 2. The quantitative estimate of drug-likeness (QED) is 0.502. The zero-order valence-electron chi connectivity index (χ0n) is 19.1. The van der Waals surface area contributed by atoms with Crippen molar-refractivity contribution in [3.63, 3.8) is 0 Å². The van der Waals surface area contributed by atoms with Crippen LogP contribution >= 0.6 is 11.6 Å². The van der Waals surface area contributed by atoms with Crippen LogP contribution in [0.4, 0.5) is 0 Å². The van der Waals surface area contributed by atoms with Gasteiger partial charge < -0.3 is 19.4 Å². The van der Waals surface area contributed by atoms with Crippen LogP contribution in [0.5, 0.6) is 5.75 Å². The van der Waals surface area contributed by atoms with E-state index in [1.54, 1.807) is 24.4 Å². The van der Waals surface area contributed by atoms with Gasteiger partial charge in [-0.3, -0.25) is 9.59 Å². The molecule has 7 nitrogen and oxygen atoms in total. The number of hydrogen-bond donors (Lipinski definition) is 1. The van der Waals surface area contributed by atoms with Gasteiger partial charge in [0.1, 0.15) is 5.75 Å². The first-order valence-corrected chi connectivity index (χ1v) is 11.9. The number of oxazole rings is 1. The number of piperidine rings is 1. The molecule has 1 fully saturated rings. The number of amides is 2. The molecule has 0 bridgehead atoms. The van der Waals surface area contributed by atoms with Gasteiger partial charge in [-0.1, -0.05) is 23.7 Å². The molecule has 0 radical (unpaired) electrons. The van der Waals surface area contributed by atoms with Crippen molar-refractivity contribution in [2.45, 2.75) is 38.6 Å². The van der Waals surface area contributed by atoms with Gasteiger partial charge in [0, 0.05) is 43.1 Å². The molecule has 1 saturated heterocycles. The number of rotatable bonds is 8. The molecule has 2 heterocycles. The fourth-order valence-electron chi connectivity index (χ4n) is 4.00. The summed E-state index contributed by atoms with van der Waals surface area (Å²) in [5, 5.41) is 3.67. The van der Waals surface area contributed by atoms with Crippen LogP contribution < -0.4 is 10.1 Å². The first-order chi connectivity index (χ1) is 16.5. The Hall–Kier alpha value is -3.32. The van der Waals surface area contributed by atoms with Crippen molar-refractivity contribution in [1.82, 2.24) is 15.2 Å². The van der Waals surface area contributed by atoms with Gasteiger partial charge in [-0.05, 0) is 56.2 Å². The van der Waals surface area contributed by atoms with Crippen LogP contribution in [0.3, 0.4) is 0 Å². The Morgan fingerprint density at radius 1 is 1.15 bits per heavy atom. The highest BCUT2D eigenvalue weighted by Crippen LogP contribution is 2.28. The Bertz CT molecular complexity index is 1120. The molecule has 1 N–H and O–H groups in total. The van der Waals surface area contributed by atoms with Gasteiger partial charge in [0.15, 0.2) is 11.7 Å². The zero-order valence-corrected chi connectivity index (χ0v) is 19.9. The number of carbonyl (C=O) groups is 2. The molecule has 0 aliphatic carbocycles. The molecule has 4 rings (SSSR count). The van der Waals surface area contributed by atoms with Crippen LogP contribution in [0.1, 0.15) is 42.4 Å². The summed E-state index contributed by atoms with van der Waals surface area (Å²) in [6.45, 7) is 3.73. The molecule has 0 spiro atoms. The van der Waals surface area contributed by atoms with E-state index >= 15 is 0 Å². The van der Waals surface area contributed by atoms with Crippen LogP contribution in [0.25, 0.3) is 11.3 Å². The number of aromatic nitrogens is 1. The van der Waals surface area contributed by atoms with Crippen LogP contribution in [0.2, 0.25) is 5.02 Å². The average molecular weight is 482 g/mol. The third-order valence-corrected chi connectivity index (χ3v) is 6.15. The summed E-state index contributed by atoms with van der Waals surface area (Å²) in [5.74, 6) is 1.80. The fraction of sp³-hybridized carbons (Fsp3) is 0.346. The Labute approximate surface area is 204 Å². The van der Waals surface area contributed by atoms with Crippen molar-refractivity contribution >= 4 is 23.4 Å². The molecule has 1 aliphatic heterocycles. The number of hydrogen-bond acceptors (Lipinski definition) is 5. The molecular weight excluding hydrogens is 454 g/mol. The van der Waals surface area contributed by atoms with E-state index in [2.05, 4.69) is 10.3 Å². The molecule has 8 heteroatoms. The zero-order chi connectivity index (χ0) is 23.9.